The first kappa shape index (κ1) is 37.4. The van der Waals surface area contributed by atoms with Crippen molar-refractivity contribution < 1.29 is 0 Å². The highest BCUT2D eigenvalue weighted by Gasteiger charge is 2.36. The molecule has 13 rings (SSSR count). The van der Waals surface area contributed by atoms with Gasteiger partial charge in [0.25, 0.3) is 0 Å². The summed E-state index contributed by atoms with van der Waals surface area (Å²) < 4.78 is 2.53. The Bertz CT molecular complexity index is 3810. The van der Waals surface area contributed by atoms with Crippen molar-refractivity contribution in [3.8, 4) is 39.1 Å². The molecule has 0 fully saturated rings. The van der Waals surface area contributed by atoms with Crippen LogP contribution in [0.1, 0.15) is 25.0 Å². The summed E-state index contributed by atoms with van der Waals surface area (Å²) in [7, 11) is 0. The minimum Gasteiger partial charge on any atom is -0.308 e. The number of para-hydroxylation sites is 3. The van der Waals surface area contributed by atoms with Gasteiger partial charge in [0.15, 0.2) is 0 Å². The fourth-order valence-corrected chi connectivity index (χ4v) is 11.0. The maximum atomic E-state index is 2.53. The molecule has 0 bridgehead atoms. The summed E-state index contributed by atoms with van der Waals surface area (Å²) in [5.74, 6) is 0. The molecule has 0 saturated carbocycles. The number of rotatable bonds is 6. The van der Waals surface area contributed by atoms with Gasteiger partial charge in [0, 0.05) is 33.1 Å². The topological polar surface area (TPSA) is 8.17 Å². The summed E-state index contributed by atoms with van der Waals surface area (Å²) in [4.78, 5) is 2.51. The molecule has 0 spiro atoms. The molecule has 1 heterocycles. The number of nitrogens with zero attached hydrogens (tertiary/aromatic N) is 2. The Morgan fingerprint density at radius 2 is 0.908 bits per heavy atom. The van der Waals surface area contributed by atoms with Gasteiger partial charge in [-0.2, -0.15) is 0 Å². The molecule has 2 heteroatoms. The highest BCUT2D eigenvalue weighted by atomic mass is 15.2. The molecule has 306 valence electrons. The number of hydrogen-bond acceptors (Lipinski definition) is 1. The van der Waals surface area contributed by atoms with Crippen LogP contribution in [0.5, 0.6) is 0 Å². The van der Waals surface area contributed by atoms with Crippen LogP contribution >= 0.6 is 0 Å². The zero-order chi connectivity index (χ0) is 43.2. The van der Waals surface area contributed by atoms with E-state index in [2.05, 4.69) is 254 Å². The minimum atomic E-state index is -0.172. The molecule has 0 unspecified atom stereocenters. The number of hydrogen-bond donors (Lipinski definition) is 0. The van der Waals surface area contributed by atoms with Gasteiger partial charge in [-0.3, -0.25) is 0 Å². The first-order valence-corrected chi connectivity index (χ1v) is 22.7. The van der Waals surface area contributed by atoms with Gasteiger partial charge in [-0.25, -0.2) is 0 Å². The average molecular weight is 829 g/mol. The lowest BCUT2D eigenvalue weighted by molar-refractivity contribution is 0.660. The number of fused-ring (bicyclic) bond motifs is 10. The van der Waals surface area contributed by atoms with Gasteiger partial charge in [0.2, 0.25) is 0 Å². The largest absolute Gasteiger partial charge is 0.308 e. The van der Waals surface area contributed by atoms with E-state index < -0.39 is 0 Å². The van der Waals surface area contributed by atoms with Crippen molar-refractivity contribution in [2.24, 2.45) is 0 Å². The van der Waals surface area contributed by atoms with Gasteiger partial charge in [0.1, 0.15) is 0 Å². The first-order valence-electron chi connectivity index (χ1n) is 22.7. The second kappa shape index (κ2) is 14.4. The molecule has 0 atom stereocenters. The number of anilines is 3. The fraction of sp³-hybridized carbons (Fsp3) is 0.0476. The SMILES string of the molecule is CC1(C)c2ccccc2-c2ccc(N(c3ccc(-c4ccc5ccccc5c4)cc3)c3cccc(-c4cc5ccccc5c5ccccc45)c3-n3c4ccccc4c4ccccc43)cc21. The van der Waals surface area contributed by atoms with Crippen LogP contribution in [0.3, 0.4) is 0 Å². The van der Waals surface area contributed by atoms with Gasteiger partial charge >= 0.3 is 0 Å². The van der Waals surface area contributed by atoms with Crippen molar-refractivity contribution in [3.05, 3.63) is 242 Å². The van der Waals surface area contributed by atoms with Crippen molar-refractivity contribution in [1.82, 2.24) is 4.57 Å². The molecular formula is C63H44N2. The Hall–Kier alpha value is -8.20. The van der Waals surface area contributed by atoms with Gasteiger partial charge in [-0.15, -0.1) is 0 Å². The van der Waals surface area contributed by atoms with Crippen LogP contribution < -0.4 is 4.90 Å². The fourth-order valence-electron chi connectivity index (χ4n) is 11.0. The highest BCUT2D eigenvalue weighted by molar-refractivity contribution is 6.16. The molecule has 2 nitrogen and oxygen atoms in total. The lowest BCUT2D eigenvalue weighted by Gasteiger charge is -2.31. The Balaban J connectivity index is 1.12. The van der Waals surface area contributed by atoms with E-state index >= 15 is 0 Å². The van der Waals surface area contributed by atoms with E-state index in [0.29, 0.717) is 0 Å². The summed E-state index contributed by atoms with van der Waals surface area (Å²) in [5.41, 5.74) is 16.7. The lowest BCUT2D eigenvalue weighted by Crippen LogP contribution is -2.17. The molecule has 1 aromatic heterocycles. The van der Waals surface area contributed by atoms with Crippen LogP contribution in [-0.2, 0) is 5.41 Å². The monoisotopic (exact) mass is 828 g/mol. The molecule has 0 radical (unpaired) electrons. The maximum absolute atomic E-state index is 2.53. The van der Waals surface area contributed by atoms with Crippen molar-refractivity contribution >= 4 is 71.2 Å². The van der Waals surface area contributed by atoms with Crippen LogP contribution in [-0.4, -0.2) is 4.57 Å². The second-order valence-electron chi connectivity index (χ2n) is 18.1. The van der Waals surface area contributed by atoms with Crippen LogP contribution in [0.15, 0.2) is 231 Å². The van der Waals surface area contributed by atoms with Gasteiger partial charge in [-0.1, -0.05) is 190 Å². The molecule has 0 aliphatic heterocycles. The van der Waals surface area contributed by atoms with Crippen molar-refractivity contribution in [2.75, 3.05) is 4.90 Å². The zero-order valence-corrected chi connectivity index (χ0v) is 36.3. The Kier molecular flexibility index (Phi) is 8.29. The molecular weight excluding hydrogens is 785 g/mol. The molecule has 0 N–H and O–H groups in total. The molecule has 12 aromatic rings. The quantitative estimate of drug-likeness (QED) is 0.152. The maximum Gasteiger partial charge on any atom is 0.0782 e. The molecule has 1 aliphatic rings. The molecule has 1 aliphatic carbocycles. The van der Waals surface area contributed by atoms with E-state index in [-0.39, 0.29) is 5.41 Å². The molecule has 11 aromatic carbocycles. The Morgan fingerprint density at radius 3 is 1.68 bits per heavy atom. The highest BCUT2D eigenvalue weighted by Crippen LogP contribution is 2.52. The second-order valence-corrected chi connectivity index (χ2v) is 18.1. The molecule has 0 saturated heterocycles. The van der Waals surface area contributed by atoms with Gasteiger partial charge in [-0.05, 0) is 126 Å². The predicted molar refractivity (Wildman–Crippen MR) is 276 cm³/mol. The third kappa shape index (κ3) is 5.74. The summed E-state index contributed by atoms with van der Waals surface area (Å²) in [6, 6.07) is 85.5. The van der Waals surface area contributed by atoms with Crippen molar-refractivity contribution in [2.45, 2.75) is 19.3 Å². The van der Waals surface area contributed by atoms with E-state index in [1.807, 2.05) is 0 Å². The normalized spacial score (nSPS) is 12.9. The zero-order valence-electron chi connectivity index (χ0n) is 36.3. The van der Waals surface area contributed by atoms with Crippen molar-refractivity contribution in [3.63, 3.8) is 0 Å². The van der Waals surface area contributed by atoms with Crippen LogP contribution in [0, 0.1) is 0 Å². The van der Waals surface area contributed by atoms with E-state index in [1.54, 1.807) is 0 Å². The third-order valence-electron chi connectivity index (χ3n) is 14.2. The van der Waals surface area contributed by atoms with Crippen LogP contribution in [0.2, 0.25) is 0 Å². The summed E-state index contributed by atoms with van der Waals surface area (Å²) in [5, 5.41) is 9.92. The van der Waals surface area contributed by atoms with E-state index in [9.17, 15) is 0 Å². The number of benzene rings is 11. The molecule has 65 heavy (non-hydrogen) atoms. The lowest BCUT2D eigenvalue weighted by atomic mass is 9.82. The van der Waals surface area contributed by atoms with Crippen LogP contribution in [0.4, 0.5) is 17.1 Å². The van der Waals surface area contributed by atoms with E-state index in [1.165, 1.54) is 98.6 Å². The first-order chi connectivity index (χ1) is 32.0. The average Bonchev–Trinajstić information content (AvgIpc) is 3.81. The summed E-state index contributed by atoms with van der Waals surface area (Å²) in [6.07, 6.45) is 0. The van der Waals surface area contributed by atoms with E-state index in [4.69, 9.17) is 0 Å². The predicted octanol–water partition coefficient (Wildman–Crippen LogP) is 17.4. The smallest absolute Gasteiger partial charge is 0.0782 e. The minimum absolute atomic E-state index is 0.172. The van der Waals surface area contributed by atoms with Gasteiger partial charge in [0.05, 0.1) is 22.4 Å². The summed E-state index contributed by atoms with van der Waals surface area (Å²) in [6.45, 7) is 4.75. The standard InChI is InChI=1S/C63H44N2/c1-63(2)57-26-12-9-22-51(57)52-37-36-47(40-58(52)63)64(46-34-32-42(33-35-46)44-31-30-41-16-3-4-17-43(41)38-44)61-29-15-25-55(56-39-45-18-5-6-19-48(45)49-20-7-8-21-50(49)56)62(61)65-59-27-13-10-23-53(59)54-24-11-14-28-60(54)65/h3-40H,1-2H3. The summed E-state index contributed by atoms with van der Waals surface area (Å²) >= 11 is 0. The van der Waals surface area contributed by atoms with Gasteiger partial charge < -0.3 is 9.47 Å². The molecule has 0 amide bonds. The third-order valence-corrected chi connectivity index (χ3v) is 14.2. The van der Waals surface area contributed by atoms with E-state index in [0.717, 1.165) is 22.7 Å². The van der Waals surface area contributed by atoms with Crippen LogP contribution in [0.25, 0.3) is 93.2 Å². The Labute approximate surface area is 378 Å². The Morgan fingerprint density at radius 1 is 0.338 bits per heavy atom. The van der Waals surface area contributed by atoms with Crippen molar-refractivity contribution in [1.29, 1.82) is 0 Å². The number of aromatic nitrogens is 1.